The van der Waals surface area contributed by atoms with Gasteiger partial charge in [0.1, 0.15) is 6.61 Å². The standard InChI is InChI=1S/C11H19NO3/c1-11(7-14-8-11)9-15-10(13)12-5-3-2-4-6-12/h2-9H2,1H3. The van der Waals surface area contributed by atoms with Gasteiger partial charge < -0.3 is 14.4 Å². The lowest BCUT2D eigenvalue weighted by Crippen LogP contribution is -2.45. The molecule has 4 nitrogen and oxygen atoms in total. The first kappa shape index (κ1) is 10.7. The van der Waals surface area contributed by atoms with E-state index in [9.17, 15) is 4.79 Å². The molecule has 2 rings (SSSR count). The van der Waals surface area contributed by atoms with Gasteiger partial charge in [0.25, 0.3) is 0 Å². The molecule has 2 aliphatic rings. The molecule has 0 spiro atoms. The smallest absolute Gasteiger partial charge is 0.409 e. The second-order valence-electron chi connectivity index (χ2n) is 4.91. The van der Waals surface area contributed by atoms with Crippen molar-refractivity contribution in [3.8, 4) is 0 Å². The molecule has 0 aliphatic carbocycles. The summed E-state index contributed by atoms with van der Waals surface area (Å²) in [4.78, 5) is 13.5. The molecule has 0 N–H and O–H groups in total. The molecule has 0 radical (unpaired) electrons. The zero-order chi connectivity index (χ0) is 10.7. The van der Waals surface area contributed by atoms with Crippen LogP contribution in [0.25, 0.3) is 0 Å². The highest BCUT2D eigenvalue weighted by Gasteiger charge is 2.35. The van der Waals surface area contributed by atoms with Gasteiger partial charge in [0.05, 0.1) is 13.2 Å². The maximum absolute atomic E-state index is 11.6. The number of rotatable bonds is 2. The molecule has 15 heavy (non-hydrogen) atoms. The first-order valence-corrected chi connectivity index (χ1v) is 5.69. The van der Waals surface area contributed by atoms with Crippen molar-refractivity contribution in [3.63, 3.8) is 0 Å². The van der Waals surface area contributed by atoms with Crippen molar-refractivity contribution in [1.82, 2.24) is 4.90 Å². The summed E-state index contributed by atoms with van der Waals surface area (Å²) >= 11 is 0. The molecule has 1 amide bonds. The van der Waals surface area contributed by atoms with E-state index in [1.807, 2.05) is 4.90 Å². The Morgan fingerprint density at radius 2 is 2.00 bits per heavy atom. The fourth-order valence-corrected chi connectivity index (χ4v) is 1.94. The number of hydrogen-bond acceptors (Lipinski definition) is 3. The van der Waals surface area contributed by atoms with Gasteiger partial charge in [0.2, 0.25) is 0 Å². The Morgan fingerprint density at radius 3 is 2.53 bits per heavy atom. The minimum Gasteiger partial charge on any atom is -0.449 e. The number of piperidine rings is 1. The van der Waals surface area contributed by atoms with Crippen LogP contribution in [-0.4, -0.2) is 43.9 Å². The average Bonchev–Trinajstić information content (AvgIpc) is 2.24. The molecular formula is C11H19NO3. The van der Waals surface area contributed by atoms with Gasteiger partial charge >= 0.3 is 6.09 Å². The quantitative estimate of drug-likeness (QED) is 0.700. The van der Waals surface area contributed by atoms with Crippen LogP contribution in [0.2, 0.25) is 0 Å². The molecule has 2 fully saturated rings. The molecule has 0 aromatic rings. The molecular weight excluding hydrogens is 194 g/mol. The fraction of sp³-hybridized carbons (Fsp3) is 0.909. The van der Waals surface area contributed by atoms with Crippen molar-refractivity contribution >= 4 is 6.09 Å². The lowest BCUT2D eigenvalue weighted by atomic mass is 9.90. The molecule has 0 atom stereocenters. The van der Waals surface area contributed by atoms with E-state index >= 15 is 0 Å². The summed E-state index contributed by atoms with van der Waals surface area (Å²) < 4.78 is 10.4. The summed E-state index contributed by atoms with van der Waals surface area (Å²) in [6.07, 6.45) is 3.29. The lowest BCUT2D eigenvalue weighted by Gasteiger charge is -2.37. The Morgan fingerprint density at radius 1 is 1.33 bits per heavy atom. The number of carbonyl (C=O) groups is 1. The van der Waals surface area contributed by atoms with Gasteiger partial charge in [0, 0.05) is 18.5 Å². The van der Waals surface area contributed by atoms with Gasteiger partial charge in [-0.05, 0) is 19.3 Å². The van der Waals surface area contributed by atoms with Gasteiger partial charge in [-0.3, -0.25) is 0 Å². The van der Waals surface area contributed by atoms with Gasteiger partial charge in [0.15, 0.2) is 0 Å². The maximum Gasteiger partial charge on any atom is 0.409 e. The van der Waals surface area contributed by atoms with E-state index in [1.54, 1.807) is 0 Å². The van der Waals surface area contributed by atoms with Crippen LogP contribution in [0.15, 0.2) is 0 Å². The van der Waals surface area contributed by atoms with Crippen LogP contribution in [0, 0.1) is 5.41 Å². The SMILES string of the molecule is CC1(COC(=O)N2CCCCC2)COC1. The first-order chi connectivity index (χ1) is 7.20. The van der Waals surface area contributed by atoms with E-state index in [2.05, 4.69) is 6.92 Å². The molecule has 0 bridgehead atoms. The number of likely N-dealkylation sites (tertiary alicyclic amines) is 1. The number of carbonyl (C=O) groups excluding carboxylic acids is 1. The molecule has 2 aliphatic heterocycles. The minimum absolute atomic E-state index is 0.0610. The third-order valence-corrected chi connectivity index (χ3v) is 3.06. The summed E-state index contributed by atoms with van der Waals surface area (Å²) in [5, 5.41) is 0. The Bertz CT molecular complexity index is 232. The Hall–Kier alpha value is -0.770. The zero-order valence-corrected chi connectivity index (χ0v) is 9.33. The van der Waals surface area contributed by atoms with Gasteiger partial charge in [-0.15, -0.1) is 0 Å². The molecule has 0 aromatic heterocycles. The predicted molar refractivity (Wildman–Crippen MR) is 55.7 cm³/mol. The van der Waals surface area contributed by atoms with Crippen LogP contribution in [0.3, 0.4) is 0 Å². The van der Waals surface area contributed by atoms with Crippen molar-refractivity contribution in [2.45, 2.75) is 26.2 Å². The largest absolute Gasteiger partial charge is 0.449 e. The number of hydrogen-bond donors (Lipinski definition) is 0. The third kappa shape index (κ3) is 2.62. The van der Waals surface area contributed by atoms with Gasteiger partial charge in [-0.2, -0.15) is 0 Å². The second kappa shape index (κ2) is 4.39. The summed E-state index contributed by atoms with van der Waals surface area (Å²) in [5.74, 6) is 0. The highest BCUT2D eigenvalue weighted by Crippen LogP contribution is 2.26. The van der Waals surface area contributed by atoms with Gasteiger partial charge in [-0.25, -0.2) is 4.79 Å². The summed E-state index contributed by atoms with van der Waals surface area (Å²) in [6, 6.07) is 0. The van der Waals surface area contributed by atoms with Crippen molar-refractivity contribution in [2.24, 2.45) is 5.41 Å². The molecule has 0 unspecified atom stereocenters. The summed E-state index contributed by atoms with van der Waals surface area (Å²) in [6.45, 7) is 5.70. The average molecular weight is 213 g/mol. The number of ether oxygens (including phenoxy) is 2. The highest BCUT2D eigenvalue weighted by molar-refractivity contribution is 5.67. The van der Waals surface area contributed by atoms with E-state index in [0.29, 0.717) is 19.8 Å². The van der Waals surface area contributed by atoms with Crippen LogP contribution >= 0.6 is 0 Å². The normalized spacial score (nSPS) is 24.5. The number of nitrogens with zero attached hydrogens (tertiary/aromatic N) is 1. The van der Waals surface area contributed by atoms with Crippen LogP contribution < -0.4 is 0 Å². The van der Waals surface area contributed by atoms with E-state index in [1.165, 1.54) is 6.42 Å². The number of amides is 1. The summed E-state index contributed by atoms with van der Waals surface area (Å²) in [5.41, 5.74) is 0.0610. The topological polar surface area (TPSA) is 38.8 Å². The highest BCUT2D eigenvalue weighted by atomic mass is 16.6. The molecule has 0 saturated carbocycles. The van der Waals surface area contributed by atoms with Crippen molar-refractivity contribution in [3.05, 3.63) is 0 Å². The van der Waals surface area contributed by atoms with Crippen LogP contribution in [-0.2, 0) is 9.47 Å². The maximum atomic E-state index is 11.6. The molecule has 4 heteroatoms. The monoisotopic (exact) mass is 213 g/mol. The molecule has 2 heterocycles. The third-order valence-electron chi connectivity index (χ3n) is 3.06. The molecule has 0 aromatic carbocycles. The van der Waals surface area contributed by atoms with E-state index in [0.717, 1.165) is 25.9 Å². The Kier molecular flexibility index (Phi) is 3.14. The van der Waals surface area contributed by atoms with Gasteiger partial charge in [-0.1, -0.05) is 6.92 Å². The van der Waals surface area contributed by atoms with Crippen LogP contribution in [0.4, 0.5) is 4.79 Å². The molecule has 2 saturated heterocycles. The molecule has 86 valence electrons. The lowest BCUT2D eigenvalue weighted by molar-refractivity contribution is -0.128. The van der Waals surface area contributed by atoms with Crippen molar-refractivity contribution < 1.29 is 14.3 Å². The predicted octanol–water partition coefficient (Wildman–Crippen LogP) is 1.65. The van der Waals surface area contributed by atoms with Crippen molar-refractivity contribution in [1.29, 1.82) is 0 Å². The zero-order valence-electron chi connectivity index (χ0n) is 9.33. The first-order valence-electron chi connectivity index (χ1n) is 5.69. The van der Waals surface area contributed by atoms with E-state index in [4.69, 9.17) is 9.47 Å². The fourth-order valence-electron chi connectivity index (χ4n) is 1.94. The van der Waals surface area contributed by atoms with Crippen LogP contribution in [0.1, 0.15) is 26.2 Å². The van der Waals surface area contributed by atoms with Crippen LogP contribution in [0.5, 0.6) is 0 Å². The Balaban J connectivity index is 1.71. The Labute approximate surface area is 90.5 Å². The minimum atomic E-state index is -0.150. The summed E-state index contributed by atoms with van der Waals surface area (Å²) in [7, 11) is 0. The second-order valence-corrected chi connectivity index (χ2v) is 4.91. The van der Waals surface area contributed by atoms with E-state index in [-0.39, 0.29) is 11.5 Å². The van der Waals surface area contributed by atoms with E-state index < -0.39 is 0 Å². The van der Waals surface area contributed by atoms with Crippen molar-refractivity contribution in [2.75, 3.05) is 32.9 Å².